The number of halogens is 3. The summed E-state index contributed by atoms with van der Waals surface area (Å²) >= 11 is 6.13. The standard InChI is InChI=1S/C22H13ClF2N4O/c23-14-3-6-18-17(9-14)27-22(12-2-1-7-26-10-12)29(18)11-13-8-19(30)28-21-15(13)4-5-16(24)20(21)25/h1-10H,11H2,(H,28,30). The molecule has 0 unspecified atom stereocenters. The van der Waals surface area contributed by atoms with E-state index in [1.165, 1.54) is 12.1 Å². The minimum absolute atomic E-state index is 0.159. The largest absolute Gasteiger partial charge is 0.319 e. The van der Waals surface area contributed by atoms with Crippen molar-refractivity contribution in [2.24, 2.45) is 0 Å². The summed E-state index contributed by atoms with van der Waals surface area (Å²) in [6.07, 6.45) is 3.35. The minimum atomic E-state index is -1.08. The van der Waals surface area contributed by atoms with E-state index < -0.39 is 17.2 Å². The minimum Gasteiger partial charge on any atom is -0.319 e. The third-order valence-electron chi connectivity index (χ3n) is 4.95. The summed E-state index contributed by atoms with van der Waals surface area (Å²) in [5.41, 5.74) is 2.09. The lowest BCUT2D eigenvalue weighted by atomic mass is 10.1. The maximum atomic E-state index is 14.3. The normalized spacial score (nSPS) is 11.4. The van der Waals surface area contributed by atoms with Crippen molar-refractivity contribution in [2.75, 3.05) is 0 Å². The van der Waals surface area contributed by atoms with Crippen LogP contribution in [0, 0.1) is 11.6 Å². The summed E-state index contributed by atoms with van der Waals surface area (Å²) in [7, 11) is 0. The number of imidazole rings is 1. The molecule has 1 N–H and O–H groups in total. The number of rotatable bonds is 3. The van der Waals surface area contributed by atoms with E-state index in [0.717, 1.165) is 17.1 Å². The van der Waals surface area contributed by atoms with E-state index in [0.29, 0.717) is 27.3 Å². The van der Waals surface area contributed by atoms with Gasteiger partial charge < -0.3 is 9.55 Å². The monoisotopic (exact) mass is 422 g/mol. The Kier molecular flexibility index (Phi) is 4.33. The molecule has 0 amide bonds. The van der Waals surface area contributed by atoms with Gasteiger partial charge in [0.25, 0.3) is 0 Å². The van der Waals surface area contributed by atoms with Gasteiger partial charge in [0.1, 0.15) is 5.82 Å². The molecule has 0 radical (unpaired) electrons. The molecule has 3 aromatic heterocycles. The summed E-state index contributed by atoms with van der Waals surface area (Å²) in [5.74, 6) is -1.48. The van der Waals surface area contributed by atoms with Crippen LogP contribution >= 0.6 is 11.6 Å². The lowest BCUT2D eigenvalue weighted by Crippen LogP contribution is -2.11. The SMILES string of the molecule is O=c1cc(Cn2c(-c3cccnc3)nc3cc(Cl)ccc32)c2ccc(F)c(F)c2[nH]1. The number of benzene rings is 2. The van der Waals surface area contributed by atoms with Crippen LogP contribution in [0.15, 0.2) is 65.7 Å². The lowest BCUT2D eigenvalue weighted by molar-refractivity contribution is 0.515. The average Bonchev–Trinajstić information content (AvgIpc) is 3.09. The van der Waals surface area contributed by atoms with Gasteiger partial charge in [-0.2, -0.15) is 0 Å². The summed E-state index contributed by atoms with van der Waals surface area (Å²) < 4.78 is 29.9. The maximum Gasteiger partial charge on any atom is 0.248 e. The Hall–Kier alpha value is -3.58. The molecule has 30 heavy (non-hydrogen) atoms. The number of hydrogen-bond acceptors (Lipinski definition) is 3. The van der Waals surface area contributed by atoms with E-state index in [1.807, 2.05) is 16.7 Å². The zero-order valence-electron chi connectivity index (χ0n) is 15.4. The van der Waals surface area contributed by atoms with Crippen molar-refractivity contribution in [2.45, 2.75) is 6.54 Å². The van der Waals surface area contributed by atoms with Crippen LogP contribution in [0.4, 0.5) is 8.78 Å². The second kappa shape index (κ2) is 7.03. The van der Waals surface area contributed by atoms with Crippen molar-refractivity contribution in [3.8, 4) is 11.4 Å². The first kappa shape index (κ1) is 18.4. The molecule has 2 aromatic carbocycles. The molecular formula is C22H13ClF2N4O. The topological polar surface area (TPSA) is 63.6 Å². The van der Waals surface area contributed by atoms with Crippen LogP contribution in [0.25, 0.3) is 33.3 Å². The smallest absolute Gasteiger partial charge is 0.248 e. The van der Waals surface area contributed by atoms with Crippen LogP contribution in [0.5, 0.6) is 0 Å². The van der Waals surface area contributed by atoms with Gasteiger partial charge >= 0.3 is 0 Å². The van der Waals surface area contributed by atoms with Crippen LogP contribution in [0.1, 0.15) is 5.56 Å². The Morgan fingerprint density at radius 1 is 1.10 bits per heavy atom. The molecule has 0 fully saturated rings. The van der Waals surface area contributed by atoms with Gasteiger partial charge in [0, 0.05) is 34.4 Å². The Morgan fingerprint density at radius 3 is 2.77 bits per heavy atom. The number of pyridine rings is 2. The van der Waals surface area contributed by atoms with Crippen molar-refractivity contribution >= 4 is 33.5 Å². The second-order valence-corrected chi connectivity index (χ2v) is 7.28. The zero-order valence-corrected chi connectivity index (χ0v) is 16.1. The third-order valence-corrected chi connectivity index (χ3v) is 5.19. The Bertz CT molecular complexity index is 1480. The average molecular weight is 423 g/mol. The fourth-order valence-corrected chi connectivity index (χ4v) is 3.78. The number of hydrogen-bond donors (Lipinski definition) is 1. The predicted octanol–water partition coefficient (Wildman–Crippen LogP) is 4.92. The lowest BCUT2D eigenvalue weighted by Gasteiger charge is -2.12. The zero-order chi connectivity index (χ0) is 20.8. The Morgan fingerprint density at radius 2 is 1.97 bits per heavy atom. The van der Waals surface area contributed by atoms with Crippen molar-refractivity contribution in [3.63, 3.8) is 0 Å². The number of nitrogens with zero attached hydrogens (tertiary/aromatic N) is 3. The van der Waals surface area contributed by atoms with Gasteiger partial charge in [-0.25, -0.2) is 13.8 Å². The van der Waals surface area contributed by atoms with Crippen LogP contribution in [0.3, 0.4) is 0 Å². The molecule has 0 saturated heterocycles. The fraction of sp³-hybridized carbons (Fsp3) is 0.0455. The van der Waals surface area contributed by atoms with Crippen LogP contribution in [-0.4, -0.2) is 19.5 Å². The number of H-pyrrole nitrogens is 1. The van der Waals surface area contributed by atoms with Gasteiger partial charge in [-0.1, -0.05) is 11.6 Å². The van der Waals surface area contributed by atoms with Gasteiger partial charge in [-0.3, -0.25) is 9.78 Å². The van der Waals surface area contributed by atoms with Gasteiger partial charge in [-0.05, 0) is 48.0 Å². The fourth-order valence-electron chi connectivity index (χ4n) is 3.62. The number of nitrogens with one attached hydrogen (secondary N) is 1. The Labute approximate surface area is 173 Å². The van der Waals surface area contributed by atoms with Crippen molar-refractivity contribution < 1.29 is 8.78 Å². The molecule has 5 rings (SSSR count). The predicted molar refractivity (Wildman–Crippen MR) is 112 cm³/mol. The van der Waals surface area contributed by atoms with Crippen LogP contribution in [0.2, 0.25) is 5.02 Å². The van der Waals surface area contributed by atoms with Crippen molar-refractivity contribution in [3.05, 3.63) is 93.5 Å². The number of fused-ring (bicyclic) bond motifs is 2. The highest BCUT2D eigenvalue weighted by Crippen LogP contribution is 2.29. The molecule has 3 heterocycles. The highest BCUT2D eigenvalue weighted by Gasteiger charge is 2.17. The Balaban J connectivity index is 1.77. The van der Waals surface area contributed by atoms with Gasteiger partial charge in [0.15, 0.2) is 11.6 Å². The van der Waals surface area contributed by atoms with E-state index in [4.69, 9.17) is 16.6 Å². The quantitative estimate of drug-likeness (QED) is 0.449. The third kappa shape index (κ3) is 3.04. The highest BCUT2D eigenvalue weighted by molar-refractivity contribution is 6.31. The van der Waals surface area contributed by atoms with Crippen LogP contribution in [-0.2, 0) is 6.54 Å². The van der Waals surface area contributed by atoms with Crippen molar-refractivity contribution in [1.29, 1.82) is 0 Å². The van der Waals surface area contributed by atoms with E-state index >= 15 is 0 Å². The summed E-state index contributed by atoms with van der Waals surface area (Å²) in [4.78, 5) is 23.4. The molecule has 148 valence electrons. The van der Waals surface area contributed by atoms with Gasteiger partial charge in [-0.15, -0.1) is 0 Å². The summed E-state index contributed by atoms with van der Waals surface area (Å²) in [5, 5.41) is 0.963. The molecule has 5 aromatic rings. The molecular weight excluding hydrogens is 410 g/mol. The van der Waals surface area contributed by atoms with E-state index in [1.54, 1.807) is 30.6 Å². The maximum absolute atomic E-state index is 14.3. The summed E-state index contributed by atoms with van der Waals surface area (Å²) in [6.45, 7) is 0.216. The van der Waals surface area contributed by atoms with Crippen LogP contribution < -0.4 is 5.56 Å². The molecule has 0 atom stereocenters. The molecule has 5 nitrogen and oxygen atoms in total. The number of aromatic nitrogens is 4. The van der Waals surface area contributed by atoms with E-state index in [2.05, 4.69) is 9.97 Å². The molecule has 8 heteroatoms. The first-order valence-electron chi connectivity index (χ1n) is 9.07. The highest BCUT2D eigenvalue weighted by atomic mass is 35.5. The number of aromatic amines is 1. The molecule has 0 aliphatic rings. The molecule has 0 spiro atoms. The molecule has 0 aliphatic heterocycles. The first-order chi connectivity index (χ1) is 14.5. The van der Waals surface area contributed by atoms with Gasteiger partial charge in [0.2, 0.25) is 5.56 Å². The van der Waals surface area contributed by atoms with Crippen molar-refractivity contribution in [1.82, 2.24) is 19.5 Å². The molecule has 0 bridgehead atoms. The summed E-state index contributed by atoms with van der Waals surface area (Å²) in [6, 6.07) is 12.9. The second-order valence-electron chi connectivity index (χ2n) is 6.84. The van der Waals surface area contributed by atoms with E-state index in [9.17, 15) is 13.6 Å². The molecule has 0 aliphatic carbocycles. The van der Waals surface area contributed by atoms with Gasteiger partial charge in [0.05, 0.1) is 23.1 Å². The van der Waals surface area contributed by atoms with E-state index in [-0.39, 0.29) is 12.1 Å². The first-order valence-corrected chi connectivity index (χ1v) is 9.45. The molecule has 0 saturated carbocycles.